The maximum atomic E-state index is 12.1. The first-order valence-corrected chi connectivity index (χ1v) is 15.8. The van der Waals surface area contributed by atoms with E-state index in [0.717, 1.165) is 0 Å². The fourth-order valence-electron chi connectivity index (χ4n) is 1.76. The smallest absolute Gasteiger partial charge is 0.407 e. The Morgan fingerprint density at radius 1 is 0.852 bits per heavy atom. The number of hydrogen-bond donors (Lipinski definition) is 1. The normalized spacial score (nSPS) is 15.4. The first-order chi connectivity index (χ1) is 11.7. The minimum atomic E-state index is -1.99. The second-order valence-corrected chi connectivity index (χ2v) is 21.0. The summed E-state index contributed by atoms with van der Waals surface area (Å²) < 4.78 is 18.3. The van der Waals surface area contributed by atoms with Gasteiger partial charge in [0.15, 0.2) is 16.6 Å². The summed E-state index contributed by atoms with van der Waals surface area (Å²) in [6, 6.07) is 0. The zero-order chi connectivity index (χ0) is 21.9. The van der Waals surface area contributed by atoms with Gasteiger partial charge in [0.25, 0.3) is 0 Å². The van der Waals surface area contributed by atoms with Crippen molar-refractivity contribution in [2.45, 2.75) is 110 Å². The van der Waals surface area contributed by atoms with E-state index in [4.69, 9.17) is 13.6 Å². The SMILES string of the molecule is CC(C)(C)OC(=O)NCC(CO[Si](C)(C)C(C)(C)C)O[Si](C)(C)C(C)(C)C. The predicted octanol–water partition coefficient (Wildman–Crippen LogP) is 5.92. The summed E-state index contributed by atoms with van der Waals surface area (Å²) in [5, 5.41) is 3.08. The predicted molar refractivity (Wildman–Crippen MR) is 119 cm³/mol. The van der Waals surface area contributed by atoms with Crippen LogP contribution >= 0.6 is 0 Å². The van der Waals surface area contributed by atoms with Gasteiger partial charge in [-0.1, -0.05) is 41.5 Å². The molecule has 0 spiro atoms. The number of rotatable bonds is 7. The third-order valence-corrected chi connectivity index (χ3v) is 14.6. The Bertz CT molecular complexity index is 486. The van der Waals surface area contributed by atoms with Crippen molar-refractivity contribution in [3.05, 3.63) is 0 Å². The molecule has 0 radical (unpaired) electrons. The van der Waals surface area contributed by atoms with Crippen molar-refractivity contribution >= 4 is 22.7 Å². The lowest BCUT2D eigenvalue weighted by Gasteiger charge is -2.41. The third kappa shape index (κ3) is 9.59. The lowest BCUT2D eigenvalue weighted by atomic mass is 10.2. The average Bonchev–Trinajstić information content (AvgIpc) is 2.37. The molecule has 0 heterocycles. The highest BCUT2D eigenvalue weighted by Gasteiger charge is 2.41. The molecule has 7 heteroatoms. The molecule has 1 atom stereocenters. The van der Waals surface area contributed by atoms with Gasteiger partial charge in [-0.25, -0.2) is 4.79 Å². The van der Waals surface area contributed by atoms with Crippen molar-refractivity contribution in [2.75, 3.05) is 13.2 Å². The Morgan fingerprint density at radius 3 is 1.67 bits per heavy atom. The molecular weight excluding hydrogens is 374 g/mol. The van der Waals surface area contributed by atoms with Gasteiger partial charge in [0.05, 0.1) is 12.7 Å². The summed E-state index contributed by atoms with van der Waals surface area (Å²) in [6.45, 7) is 28.7. The molecule has 5 nitrogen and oxygen atoms in total. The number of alkyl carbamates (subject to hydrolysis) is 1. The standard InChI is InChI=1S/C20H45NO4Si2/c1-18(2,3)24-17(22)21-14-16(25-27(12,13)20(7,8)9)15-23-26(10,11)19(4,5)6/h16H,14-15H2,1-13H3,(H,21,22). The van der Waals surface area contributed by atoms with E-state index in [2.05, 4.69) is 73.0 Å². The molecule has 0 aromatic rings. The molecule has 0 rings (SSSR count). The van der Waals surface area contributed by atoms with Crippen LogP contribution in [0.2, 0.25) is 36.3 Å². The fraction of sp³-hybridized carbons (Fsp3) is 0.950. The van der Waals surface area contributed by atoms with E-state index in [1.54, 1.807) is 0 Å². The largest absolute Gasteiger partial charge is 0.444 e. The Labute approximate surface area is 170 Å². The van der Waals surface area contributed by atoms with Crippen molar-refractivity contribution in [3.63, 3.8) is 0 Å². The first kappa shape index (κ1) is 26.6. The maximum Gasteiger partial charge on any atom is 0.407 e. The molecule has 162 valence electrons. The number of ether oxygens (including phenoxy) is 1. The lowest BCUT2D eigenvalue weighted by molar-refractivity contribution is 0.0468. The van der Waals surface area contributed by atoms with E-state index in [1.807, 2.05) is 20.8 Å². The summed E-state index contributed by atoms with van der Waals surface area (Å²) in [7, 11) is -3.88. The number of carbonyl (C=O) groups is 1. The number of hydrogen-bond acceptors (Lipinski definition) is 4. The van der Waals surface area contributed by atoms with Crippen LogP contribution in [-0.4, -0.2) is 47.6 Å². The third-order valence-electron chi connectivity index (χ3n) is 5.58. The van der Waals surface area contributed by atoms with Crippen LogP contribution < -0.4 is 5.32 Å². The van der Waals surface area contributed by atoms with Crippen molar-refractivity contribution in [1.82, 2.24) is 5.32 Å². The van der Waals surface area contributed by atoms with Crippen molar-refractivity contribution in [2.24, 2.45) is 0 Å². The summed E-state index contributed by atoms with van der Waals surface area (Å²) in [4.78, 5) is 12.1. The van der Waals surface area contributed by atoms with Crippen molar-refractivity contribution in [3.8, 4) is 0 Å². The second kappa shape index (κ2) is 8.97. The molecule has 0 saturated heterocycles. The van der Waals surface area contributed by atoms with Gasteiger partial charge in [0.1, 0.15) is 5.60 Å². The molecule has 0 bridgehead atoms. The molecule has 0 aromatic carbocycles. The summed E-state index contributed by atoms with van der Waals surface area (Å²) in [5.41, 5.74) is -0.516. The van der Waals surface area contributed by atoms with Crippen molar-refractivity contribution < 1.29 is 18.4 Å². The highest BCUT2D eigenvalue weighted by atomic mass is 28.4. The topological polar surface area (TPSA) is 56.8 Å². The molecule has 1 N–H and O–H groups in total. The Hall–Kier alpha value is -0.376. The summed E-state index contributed by atoms with van der Waals surface area (Å²) in [6.07, 6.45) is -0.605. The molecule has 0 aliphatic heterocycles. The Morgan fingerprint density at radius 2 is 1.30 bits per heavy atom. The maximum absolute atomic E-state index is 12.1. The molecule has 0 saturated carbocycles. The van der Waals surface area contributed by atoms with Crippen LogP contribution in [0.3, 0.4) is 0 Å². The van der Waals surface area contributed by atoms with Gasteiger partial charge in [0, 0.05) is 6.54 Å². The molecule has 0 aliphatic rings. The number of carbonyl (C=O) groups excluding carboxylic acids is 1. The highest BCUT2D eigenvalue weighted by molar-refractivity contribution is 6.74. The molecule has 27 heavy (non-hydrogen) atoms. The minimum absolute atomic E-state index is 0.0914. The van der Waals surface area contributed by atoms with Crippen molar-refractivity contribution in [1.29, 1.82) is 0 Å². The first-order valence-electron chi connectivity index (χ1n) is 9.97. The zero-order valence-corrected chi connectivity index (χ0v) is 22.1. The van der Waals surface area contributed by atoms with E-state index in [-0.39, 0.29) is 16.2 Å². The quantitative estimate of drug-likeness (QED) is 0.520. The average molecular weight is 420 g/mol. The van der Waals surface area contributed by atoms with E-state index in [1.165, 1.54) is 0 Å². The summed E-state index contributed by atoms with van der Waals surface area (Å²) in [5.74, 6) is 0. The lowest BCUT2D eigenvalue weighted by Crippen LogP contribution is -2.51. The van der Waals surface area contributed by atoms with Crippen LogP contribution in [0, 0.1) is 0 Å². The highest BCUT2D eigenvalue weighted by Crippen LogP contribution is 2.39. The minimum Gasteiger partial charge on any atom is -0.444 e. The van der Waals surface area contributed by atoms with Crippen LogP contribution in [0.25, 0.3) is 0 Å². The van der Waals surface area contributed by atoms with Crippen LogP contribution in [0.5, 0.6) is 0 Å². The van der Waals surface area contributed by atoms with E-state index in [9.17, 15) is 4.79 Å². The van der Waals surface area contributed by atoms with E-state index in [0.29, 0.717) is 13.2 Å². The molecular formula is C20H45NO4Si2. The monoisotopic (exact) mass is 419 g/mol. The van der Waals surface area contributed by atoms with Crippen LogP contribution in [0.15, 0.2) is 0 Å². The van der Waals surface area contributed by atoms with E-state index < -0.39 is 28.3 Å². The molecule has 0 fully saturated rings. The van der Waals surface area contributed by atoms with Gasteiger partial charge < -0.3 is 18.9 Å². The number of nitrogens with one attached hydrogen (secondary N) is 1. The fourth-order valence-corrected chi connectivity index (χ4v) is 4.13. The molecule has 1 amide bonds. The van der Waals surface area contributed by atoms with Gasteiger partial charge in [0.2, 0.25) is 0 Å². The molecule has 1 unspecified atom stereocenters. The summed E-state index contributed by atoms with van der Waals surface area (Å²) >= 11 is 0. The molecule has 0 aromatic heterocycles. The Balaban J connectivity index is 5.15. The Kier molecular flexibility index (Phi) is 8.84. The van der Waals surface area contributed by atoms with Gasteiger partial charge >= 0.3 is 6.09 Å². The van der Waals surface area contributed by atoms with Crippen LogP contribution in [0.1, 0.15) is 62.3 Å². The zero-order valence-electron chi connectivity index (χ0n) is 20.1. The number of amides is 1. The van der Waals surface area contributed by atoms with Gasteiger partial charge in [-0.2, -0.15) is 0 Å². The van der Waals surface area contributed by atoms with E-state index >= 15 is 0 Å². The van der Waals surface area contributed by atoms with Gasteiger partial charge in [-0.15, -0.1) is 0 Å². The molecule has 0 aliphatic carbocycles. The van der Waals surface area contributed by atoms with Crippen LogP contribution in [-0.2, 0) is 13.6 Å². The second-order valence-electron chi connectivity index (χ2n) is 11.5. The van der Waals surface area contributed by atoms with Gasteiger partial charge in [-0.05, 0) is 57.0 Å². The van der Waals surface area contributed by atoms with Crippen LogP contribution in [0.4, 0.5) is 4.79 Å². The van der Waals surface area contributed by atoms with Gasteiger partial charge in [-0.3, -0.25) is 0 Å².